The van der Waals surface area contributed by atoms with E-state index in [0.717, 1.165) is 17.7 Å². The van der Waals surface area contributed by atoms with Crippen LogP contribution < -0.4 is 10.3 Å². The topological polar surface area (TPSA) is 75.2 Å². The second-order valence-electron chi connectivity index (χ2n) is 4.20. The molecule has 0 radical (unpaired) electrons. The molecule has 0 aliphatic rings. The fourth-order valence-electron chi connectivity index (χ4n) is 1.85. The van der Waals surface area contributed by atoms with Crippen LogP contribution in [0, 0.1) is 0 Å². The highest BCUT2D eigenvalue weighted by molar-refractivity contribution is 5.56. The van der Waals surface area contributed by atoms with E-state index in [9.17, 15) is 9.90 Å². The average Bonchev–Trinajstić information content (AvgIpc) is 2.43. The first kappa shape index (κ1) is 13.1. The van der Waals surface area contributed by atoms with Crippen LogP contribution in [0.2, 0.25) is 0 Å². The molecule has 0 atom stereocenters. The lowest BCUT2D eigenvalue weighted by atomic mass is 10.1. The van der Waals surface area contributed by atoms with Crippen molar-refractivity contribution in [2.75, 3.05) is 7.11 Å². The minimum atomic E-state index is -0.292. The molecular formula is C14H16N2O3. The van der Waals surface area contributed by atoms with Crippen LogP contribution in [0.5, 0.6) is 11.6 Å². The molecule has 2 rings (SSSR count). The SMILES string of the molecule is CCCc1c(O)nc(-c2ccc(OC)cc2)[nH]c1=O. The lowest BCUT2D eigenvalue weighted by molar-refractivity contribution is 0.415. The standard InChI is InChI=1S/C14H16N2O3/c1-3-4-11-13(17)15-12(16-14(11)18)9-5-7-10(19-2)8-6-9/h5-8H,3-4H2,1-2H3,(H2,15,16,17,18). The van der Waals surface area contributed by atoms with E-state index in [0.29, 0.717) is 17.8 Å². The smallest absolute Gasteiger partial charge is 0.258 e. The second-order valence-corrected chi connectivity index (χ2v) is 4.20. The van der Waals surface area contributed by atoms with Crippen LogP contribution in [0.1, 0.15) is 18.9 Å². The molecule has 0 fully saturated rings. The summed E-state index contributed by atoms with van der Waals surface area (Å²) in [5.74, 6) is 0.874. The van der Waals surface area contributed by atoms with Gasteiger partial charge in [0.2, 0.25) is 5.88 Å². The maximum Gasteiger partial charge on any atom is 0.258 e. The monoisotopic (exact) mass is 260 g/mol. The molecule has 19 heavy (non-hydrogen) atoms. The summed E-state index contributed by atoms with van der Waals surface area (Å²) in [5, 5.41) is 9.81. The van der Waals surface area contributed by atoms with Crippen molar-refractivity contribution in [2.24, 2.45) is 0 Å². The second kappa shape index (κ2) is 5.56. The Labute approximate surface area is 110 Å². The highest BCUT2D eigenvalue weighted by Gasteiger charge is 2.10. The van der Waals surface area contributed by atoms with Gasteiger partial charge in [0.1, 0.15) is 11.6 Å². The van der Waals surface area contributed by atoms with Crippen molar-refractivity contribution < 1.29 is 9.84 Å². The van der Waals surface area contributed by atoms with Gasteiger partial charge in [-0.05, 0) is 30.7 Å². The van der Waals surface area contributed by atoms with Crippen molar-refractivity contribution in [2.45, 2.75) is 19.8 Å². The summed E-state index contributed by atoms with van der Waals surface area (Å²) < 4.78 is 5.06. The zero-order valence-electron chi connectivity index (χ0n) is 10.9. The normalized spacial score (nSPS) is 10.4. The molecule has 0 aliphatic carbocycles. The average molecular weight is 260 g/mol. The number of aromatic nitrogens is 2. The Hall–Kier alpha value is -2.30. The molecule has 0 amide bonds. The van der Waals surface area contributed by atoms with Crippen molar-refractivity contribution >= 4 is 0 Å². The zero-order chi connectivity index (χ0) is 13.8. The van der Waals surface area contributed by atoms with Gasteiger partial charge in [-0.3, -0.25) is 4.79 Å². The summed E-state index contributed by atoms with van der Waals surface area (Å²) in [4.78, 5) is 18.6. The fraction of sp³-hybridized carbons (Fsp3) is 0.286. The summed E-state index contributed by atoms with van der Waals surface area (Å²) in [7, 11) is 1.58. The molecule has 5 heteroatoms. The Morgan fingerprint density at radius 1 is 1.32 bits per heavy atom. The van der Waals surface area contributed by atoms with Gasteiger partial charge >= 0.3 is 0 Å². The van der Waals surface area contributed by atoms with Gasteiger partial charge in [0.25, 0.3) is 5.56 Å². The third-order valence-corrected chi connectivity index (χ3v) is 2.86. The Morgan fingerprint density at radius 2 is 2.00 bits per heavy atom. The van der Waals surface area contributed by atoms with E-state index < -0.39 is 0 Å². The first-order valence-corrected chi connectivity index (χ1v) is 6.12. The van der Waals surface area contributed by atoms with Crippen LogP contribution in [-0.4, -0.2) is 22.2 Å². The number of hydrogen-bond acceptors (Lipinski definition) is 4. The molecule has 0 saturated carbocycles. The lowest BCUT2D eigenvalue weighted by Gasteiger charge is -2.06. The third kappa shape index (κ3) is 2.76. The highest BCUT2D eigenvalue weighted by Crippen LogP contribution is 2.21. The van der Waals surface area contributed by atoms with E-state index in [1.807, 2.05) is 6.92 Å². The molecule has 1 heterocycles. The number of methoxy groups -OCH3 is 1. The lowest BCUT2D eigenvalue weighted by Crippen LogP contribution is -2.15. The number of H-pyrrole nitrogens is 1. The zero-order valence-corrected chi connectivity index (χ0v) is 10.9. The molecule has 1 aromatic heterocycles. The number of aromatic amines is 1. The predicted octanol–water partition coefficient (Wildman–Crippen LogP) is 2.10. The molecule has 0 spiro atoms. The largest absolute Gasteiger partial charge is 0.497 e. The fourth-order valence-corrected chi connectivity index (χ4v) is 1.85. The minimum absolute atomic E-state index is 0.198. The van der Waals surface area contributed by atoms with Gasteiger partial charge in [0.05, 0.1) is 12.7 Å². The van der Waals surface area contributed by atoms with Crippen molar-refractivity contribution in [3.63, 3.8) is 0 Å². The first-order valence-electron chi connectivity index (χ1n) is 6.12. The molecule has 100 valence electrons. The van der Waals surface area contributed by atoms with Crippen LogP contribution >= 0.6 is 0 Å². The van der Waals surface area contributed by atoms with Crippen LogP contribution in [0.4, 0.5) is 0 Å². The van der Waals surface area contributed by atoms with E-state index >= 15 is 0 Å². The van der Waals surface area contributed by atoms with Gasteiger partial charge in [0.15, 0.2) is 0 Å². The van der Waals surface area contributed by atoms with E-state index in [1.165, 1.54) is 0 Å². The summed E-state index contributed by atoms with van der Waals surface area (Å²) in [6.45, 7) is 1.94. The number of nitrogens with zero attached hydrogens (tertiary/aromatic N) is 1. The van der Waals surface area contributed by atoms with Gasteiger partial charge in [-0.1, -0.05) is 13.3 Å². The van der Waals surface area contributed by atoms with Gasteiger partial charge in [-0.25, -0.2) is 0 Å². The van der Waals surface area contributed by atoms with Crippen LogP contribution in [0.15, 0.2) is 29.1 Å². The number of hydrogen-bond donors (Lipinski definition) is 2. The molecule has 5 nitrogen and oxygen atoms in total. The molecule has 2 N–H and O–H groups in total. The minimum Gasteiger partial charge on any atom is -0.497 e. The van der Waals surface area contributed by atoms with E-state index in [-0.39, 0.29) is 11.4 Å². The Kier molecular flexibility index (Phi) is 3.85. The molecule has 1 aromatic carbocycles. The summed E-state index contributed by atoms with van der Waals surface area (Å²) in [6, 6.07) is 7.09. The van der Waals surface area contributed by atoms with Crippen LogP contribution in [0.25, 0.3) is 11.4 Å². The van der Waals surface area contributed by atoms with Crippen molar-refractivity contribution in [3.05, 3.63) is 40.2 Å². The van der Waals surface area contributed by atoms with Gasteiger partial charge < -0.3 is 14.8 Å². The quantitative estimate of drug-likeness (QED) is 0.882. The number of benzene rings is 1. The Morgan fingerprint density at radius 3 is 2.53 bits per heavy atom. The molecule has 0 saturated heterocycles. The van der Waals surface area contributed by atoms with Crippen LogP contribution in [0.3, 0.4) is 0 Å². The van der Waals surface area contributed by atoms with Crippen LogP contribution in [-0.2, 0) is 6.42 Å². The maximum absolute atomic E-state index is 11.9. The number of rotatable bonds is 4. The van der Waals surface area contributed by atoms with E-state index in [4.69, 9.17) is 4.74 Å². The summed E-state index contributed by atoms with van der Waals surface area (Å²) >= 11 is 0. The van der Waals surface area contributed by atoms with Gasteiger partial charge in [-0.15, -0.1) is 0 Å². The number of ether oxygens (including phenoxy) is 1. The summed E-state index contributed by atoms with van der Waals surface area (Å²) in [5.41, 5.74) is 0.760. The number of nitrogens with one attached hydrogen (secondary N) is 1. The van der Waals surface area contributed by atoms with Gasteiger partial charge in [0, 0.05) is 5.56 Å². The van der Waals surface area contributed by atoms with Gasteiger partial charge in [-0.2, -0.15) is 4.98 Å². The Bertz CT molecular complexity index is 618. The number of aromatic hydroxyl groups is 1. The van der Waals surface area contributed by atoms with Crippen molar-refractivity contribution in [1.29, 1.82) is 0 Å². The van der Waals surface area contributed by atoms with E-state index in [2.05, 4.69) is 9.97 Å². The van der Waals surface area contributed by atoms with E-state index in [1.54, 1.807) is 31.4 Å². The van der Waals surface area contributed by atoms with Crippen molar-refractivity contribution in [3.8, 4) is 23.0 Å². The molecule has 0 aliphatic heterocycles. The maximum atomic E-state index is 11.9. The first-order chi connectivity index (χ1) is 9.15. The summed E-state index contributed by atoms with van der Waals surface area (Å²) in [6.07, 6.45) is 1.29. The molecule has 0 bridgehead atoms. The molecule has 2 aromatic rings. The molecular weight excluding hydrogens is 244 g/mol. The Balaban J connectivity index is 2.42. The molecule has 0 unspecified atom stereocenters. The third-order valence-electron chi connectivity index (χ3n) is 2.86. The highest BCUT2D eigenvalue weighted by atomic mass is 16.5. The predicted molar refractivity (Wildman–Crippen MR) is 72.5 cm³/mol. The van der Waals surface area contributed by atoms with Crippen molar-refractivity contribution in [1.82, 2.24) is 9.97 Å².